The smallest absolute Gasteiger partial charge is 0.410 e. The molecule has 1 atom stereocenters. The molecule has 0 heterocycles. The standard InChI is InChI=1S/C19H31NO4.C9H10.H2/c1-6-7-13-20(18(23)24-19(3,4)5)16(10-8-9-14(2)21)17(22)15-11-12-15;1-2-6-9-7-4-3-5-8-9;/h8-9,15-16H,6-7,10-13H2,1-5H3;2-5,7-8H,1,6H2;1H. The second-order valence-corrected chi connectivity index (χ2v) is 9.45. The van der Waals surface area contributed by atoms with Gasteiger partial charge in [-0.2, -0.15) is 0 Å². The molecule has 1 aliphatic rings. The lowest BCUT2D eigenvalue weighted by molar-refractivity contribution is -0.125. The summed E-state index contributed by atoms with van der Waals surface area (Å²) in [5, 5.41) is 0. The minimum absolute atomic E-state index is 0. The van der Waals surface area contributed by atoms with E-state index in [0.717, 1.165) is 32.1 Å². The Morgan fingerprint density at radius 2 is 1.85 bits per heavy atom. The van der Waals surface area contributed by atoms with Crippen molar-refractivity contribution in [3.63, 3.8) is 0 Å². The van der Waals surface area contributed by atoms with E-state index in [2.05, 4.69) is 18.7 Å². The van der Waals surface area contributed by atoms with Gasteiger partial charge in [-0.1, -0.05) is 55.8 Å². The normalized spacial score (nSPS) is 14.1. The Kier molecular flexibility index (Phi) is 12.4. The zero-order chi connectivity index (χ0) is 24.9. The van der Waals surface area contributed by atoms with Gasteiger partial charge in [-0.25, -0.2) is 4.79 Å². The van der Waals surface area contributed by atoms with Gasteiger partial charge >= 0.3 is 6.09 Å². The van der Waals surface area contributed by atoms with Crippen LogP contribution in [0.15, 0.2) is 55.1 Å². The van der Waals surface area contributed by atoms with E-state index in [4.69, 9.17) is 4.74 Å². The van der Waals surface area contributed by atoms with E-state index >= 15 is 0 Å². The number of amides is 1. The summed E-state index contributed by atoms with van der Waals surface area (Å²) in [7, 11) is 0. The largest absolute Gasteiger partial charge is 0.444 e. The van der Waals surface area contributed by atoms with Gasteiger partial charge in [0.25, 0.3) is 0 Å². The number of benzene rings is 1. The van der Waals surface area contributed by atoms with Crippen LogP contribution in [0.2, 0.25) is 0 Å². The molecule has 2 rings (SSSR count). The summed E-state index contributed by atoms with van der Waals surface area (Å²) in [5.74, 6) is 0.0717. The fourth-order valence-corrected chi connectivity index (χ4v) is 3.20. The highest BCUT2D eigenvalue weighted by Crippen LogP contribution is 2.33. The number of ether oxygens (including phenoxy) is 1. The molecule has 5 nitrogen and oxygen atoms in total. The van der Waals surface area contributed by atoms with Crippen molar-refractivity contribution in [3.05, 3.63) is 60.7 Å². The van der Waals surface area contributed by atoms with Crippen molar-refractivity contribution in [2.45, 2.75) is 84.8 Å². The number of allylic oxidation sites excluding steroid dienone is 2. The summed E-state index contributed by atoms with van der Waals surface area (Å²) in [4.78, 5) is 38.0. The molecule has 1 fully saturated rings. The molecule has 5 heteroatoms. The zero-order valence-corrected chi connectivity index (χ0v) is 21.0. The van der Waals surface area contributed by atoms with Crippen LogP contribution in [0.4, 0.5) is 4.79 Å². The van der Waals surface area contributed by atoms with Gasteiger partial charge in [-0.3, -0.25) is 14.5 Å². The van der Waals surface area contributed by atoms with Crippen LogP contribution in [0.25, 0.3) is 0 Å². The zero-order valence-electron chi connectivity index (χ0n) is 21.0. The van der Waals surface area contributed by atoms with Crippen LogP contribution in [0.3, 0.4) is 0 Å². The molecule has 0 saturated heterocycles. The van der Waals surface area contributed by atoms with E-state index in [1.54, 1.807) is 11.0 Å². The minimum atomic E-state index is -0.607. The van der Waals surface area contributed by atoms with Crippen molar-refractivity contribution < 1.29 is 20.5 Å². The lowest BCUT2D eigenvalue weighted by atomic mass is 10.0. The van der Waals surface area contributed by atoms with Gasteiger partial charge in [0.2, 0.25) is 0 Å². The number of hydrogen-bond acceptors (Lipinski definition) is 4. The molecule has 0 spiro atoms. The lowest BCUT2D eigenvalue weighted by Gasteiger charge is -2.32. The molecule has 33 heavy (non-hydrogen) atoms. The molecule has 0 N–H and O–H groups in total. The van der Waals surface area contributed by atoms with Crippen LogP contribution in [-0.2, 0) is 20.7 Å². The average molecular weight is 458 g/mol. The highest BCUT2D eigenvalue weighted by atomic mass is 16.6. The molecule has 1 aromatic rings. The van der Waals surface area contributed by atoms with E-state index in [-0.39, 0.29) is 18.9 Å². The predicted octanol–water partition coefficient (Wildman–Crippen LogP) is 6.57. The van der Waals surface area contributed by atoms with E-state index in [9.17, 15) is 14.4 Å². The van der Waals surface area contributed by atoms with E-state index in [1.807, 2.05) is 52.0 Å². The van der Waals surface area contributed by atoms with Gasteiger partial charge in [0.05, 0.1) is 6.04 Å². The highest BCUT2D eigenvalue weighted by molar-refractivity contribution is 5.91. The summed E-state index contributed by atoms with van der Waals surface area (Å²) in [6.45, 7) is 13.1. The molecule has 1 amide bonds. The van der Waals surface area contributed by atoms with Crippen LogP contribution < -0.4 is 0 Å². The topological polar surface area (TPSA) is 63.7 Å². The van der Waals surface area contributed by atoms with Gasteiger partial charge in [0, 0.05) is 13.9 Å². The number of carbonyl (C=O) groups excluding carboxylic acids is 3. The summed E-state index contributed by atoms with van der Waals surface area (Å²) in [6.07, 6.45) is 9.46. The molecule has 1 unspecified atom stereocenters. The molecule has 0 aromatic heterocycles. The Balaban J connectivity index is 0.000000911. The molecule has 1 aromatic carbocycles. The fourth-order valence-electron chi connectivity index (χ4n) is 3.20. The summed E-state index contributed by atoms with van der Waals surface area (Å²) >= 11 is 0. The first-order valence-corrected chi connectivity index (χ1v) is 11.9. The summed E-state index contributed by atoms with van der Waals surface area (Å²) < 4.78 is 5.50. The molecule has 184 valence electrons. The number of hydrogen-bond donors (Lipinski definition) is 0. The molecule has 0 bridgehead atoms. The molecular formula is C28H43NO4. The summed E-state index contributed by atoms with van der Waals surface area (Å²) in [5.41, 5.74) is 0.719. The first-order valence-electron chi connectivity index (χ1n) is 11.9. The van der Waals surface area contributed by atoms with Crippen molar-refractivity contribution in [1.82, 2.24) is 4.90 Å². The number of carbonyl (C=O) groups is 3. The Labute approximate surface area is 201 Å². The van der Waals surface area contributed by atoms with Crippen molar-refractivity contribution in [1.29, 1.82) is 0 Å². The first-order chi connectivity index (χ1) is 15.6. The Hall–Kier alpha value is -2.69. The van der Waals surface area contributed by atoms with E-state index in [0.29, 0.717) is 13.0 Å². The molecule has 1 aliphatic carbocycles. The number of Topliss-reactive ketones (excluding diaryl/α,β-unsaturated/α-hetero) is 1. The van der Waals surface area contributed by atoms with Crippen molar-refractivity contribution in [2.75, 3.05) is 6.54 Å². The third kappa shape index (κ3) is 12.2. The van der Waals surface area contributed by atoms with Gasteiger partial charge in [-0.05, 0) is 71.4 Å². The predicted molar refractivity (Wildman–Crippen MR) is 136 cm³/mol. The van der Waals surface area contributed by atoms with Gasteiger partial charge < -0.3 is 4.74 Å². The SMILES string of the molecule is C=CCc1ccccc1.CCCCN(C(=O)OC(C)(C)C)C(CC=CC(C)=O)C(=O)C1CC1.[HH]. The minimum Gasteiger partial charge on any atom is -0.444 e. The van der Waals surface area contributed by atoms with Crippen LogP contribution in [0.1, 0.15) is 73.7 Å². The average Bonchev–Trinajstić information content (AvgIpc) is 3.57. The van der Waals surface area contributed by atoms with Crippen LogP contribution in [-0.4, -0.2) is 40.7 Å². The van der Waals surface area contributed by atoms with Crippen LogP contribution in [0.5, 0.6) is 0 Å². The lowest BCUT2D eigenvalue weighted by Crippen LogP contribution is -2.48. The Morgan fingerprint density at radius 1 is 1.21 bits per heavy atom. The maximum Gasteiger partial charge on any atom is 0.410 e. The second-order valence-electron chi connectivity index (χ2n) is 9.45. The third-order valence-electron chi connectivity index (χ3n) is 5.00. The Bertz CT molecular complexity index is 794. The van der Waals surface area contributed by atoms with Gasteiger partial charge in [-0.15, -0.1) is 6.58 Å². The van der Waals surface area contributed by atoms with E-state index < -0.39 is 17.7 Å². The molecule has 0 aliphatic heterocycles. The fraction of sp³-hybridized carbons (Fsp3) is 0.536. The van der Waals surface area contributed by atoms with Crippen LogP contribution in [0, 0.1) is 5.92 Å². The van der Waals surface area contributed by atoms with Gasteiger partial charge in [0.1, 0.15) is 5.60 Å². The third-order valence-corrected chi connectivity index (χ3v) is 5.00. The number of unbranched alkanes of at least 4 members (excludes halogenated alkanes) is 1. The first kappa shape index (κ1) is 28.3. The number of ketones is 2. The molecular weight excluding hydrogens is 414 g/mol. The monoisotopic (exact) mass is 457 g/mol. The quantitative estimate of drug-likeness (QED) is 0.278. The van der Waals surface area contributed by atoms with E-state index in [1.165, 1.54) is 18.6 Å². The number of nitrogens with zero attached hydrogens (tertiary/aromatic N) is 1. The van der Waals surface area contributed by atoms with Crippen molar-refractivity contribution in [3.8, 4) is 0 Å². The Morgan fingerprint density at radius 3 is 2.33 bits per heavy atom. The molecule has 0 radical (unpaired) electrons. The van der Waals surface area contributed by atoms with Gasteiger partial charge in [0.15, 0.2) is 11.6 Å². The summed E-state index contributed by atoms with van der Waals surface area (Å²) in [6, 6.07) is 9.75. The second kappa shape index (κ2) is 14.5. The van der Waals surface area contributed by atoms with Crippen molar-refractivity contribution >= 4 is 17.7 Å². The highest BCUT2D eigenvalue weighted by Gasteiger charge is 2.39. The molecule has 1 saturated carbocycles. The number of rotatable bonds is 11. The maximum absolute atomic E-state index is 12.7. The van der Waals surface area contributed by atoms with Crippen molar-refractivity contribution in [2.24, 2.45) is 5.92 Å². The van der Waals surface area contributed by atoms with Crippen LogP contribution >= 0.6 is 0 Å². The maximum atomic E-state index is 12.7.